The molecular formula is C18H34S. The Kier molecular flexibility index (Phi) is 5.31. The van der Waals surface area contributed by atoms with E-state index in [1.54, 1.807) is 0 Å². The zero-order valence-corrected chi connectivity index (χ0v) is 14.4. The lowest BCUT2D eigenvalue weighted by molar-refractivity contribution is 0.152. The second kappa shape index (κ2) is 6.41. The molecule has 0 spiro atoms. The van der Waals surface area contributed by atoms with Crippen molar-refractivity contribution < 1.29 is 0 Å². The van der Waals surface area contributed by atoms with E-state index in [1.807, 2.05) is 0 Å². The molecule has 2 aliphatic carbocycles. The molecule has 19 heavy (non-hydrogen) atoms. The maximum Gasteiger partial charge on any atom is -0.00924 e. The predicted octanol–water partition coefficient (Wildman–Crippen LogP) is 5.82. The predicted molar refractivity (Wildman–Crippen MR) is 88.8 cm³/mol. The summed E-state index contributed by atoms with van der Waals surface area (Å²) in [6.07, 6.45) is 10.1. The van der Waals surface area contributed by atoms with Crippen molar-refractivity contribution >= 4 is 12.6 Å². The summed E-state index contributed by atoms with van der Waals surface area (Å²) in [5, 5.41) is 0. The number of thiol groups is 1. The molecule has 0 radical (unpaired) electrons. The molecule has 0 aromatic heterocycles. The van der Waals surface area contributed by atoms with Gasteiger partial charge < -0.3 is 0 Å². The second-order valence-corrected chi connectivity index (χ2v) is 7.94. The van der Waals surface area contributed by atoms with Gasteiger partial charge in [-0.2, -0.15) is 12.6 Å². The summed E-state index contributed by atoms with van der Waals surface area (Å²) >= 11 is 4.59. The number of hydrogen-bond donors (Lipinski definition) is 1. The standard InChI is InChI=1S/C18H34S/c1-5-13(3)15-8-7-9-16(15)18(10-11-19)12-17(18)14(4)6-2/h13-17,19H,5-12H2,1-4H3. The molecule has 2 rings (SSSR count). The molecule has 0 heterocycles. The maximum absolute atomic E-state index is 4.59. The SMILES string of the molecule is CCC(C)C1CCCC1C1(CCS)CC1C(C)CC. The van der Waals surface area contributed by atoms with Crippen LogP contribution in [0.1, 0.15) is 72.6 Å². The molecule has 112 valence electrons. The third-order valence-corrected chi connectivity index (χ3v) is 6.99. The third kappa shape index (κ3) is 2.87. The number of hydrogen-bond acceptors (Lipinski definition) is 1. The molecule has 2 saturated carbocycles. The van der Waals surface area contributed by atoms with Crippen molar-refractivity contribution in [2.45, 2.75) is 72.6 Å². The Labute approximate surface area is 126 Å². The topological polar surface area (TPSA) is 0 Å². The van der Waals surface area contributed by atoms with Gasteiger partial charge in [0.25, 0.3) is 0 Å². The summed E-state index contributed by atoms with van der Waals surface area (Å²) in [6, 6.07) is 0. The largest absolute Gasteiger partial charge is 0.179 e. The molecule has 2 aliphatic rings. The minimum Gasteiger partial charge on any atom is -0.179 e. The van der Waals surface area contributed by atoms with Gasteiger partial charge in [0.1, 0.15) is 0 Å². The fourth-order valence-corrected chi connectivity index (χ4v) is 5.61. The molecule has 0 N–H and O–H groups in total. The molecule has 2 fully saturated rings. The van der Waals surface area contributed by atoms with E-state index in [0.717, 1.165) is 35.3 Å². The van der Waals surface area contributed by atoms with Gasteiger partial charge in [0.15, 0.2) is 0 Å². The first-order valence-corrected chi connectivity index (χ1v) is 9.34. The van der Waals surface area contributed by atoms with E-state index in [1.165, 1.54) is 44.9 Å². The fraction of sp³-hybridized carbons (Fsp3) is 1.00. The van der Waals surface area contributed by atoms with Gasteiger partial charge in [-0.3, -0.25) is 0 Å². The van der Waals surface area contributed by atoms with Crippen LogP contribution in [0.2, 0.25) is 0 Å². The minimum atomic E-state index is 0.696. The fourth-order valence-electron chi connectivity index (χ4n) is 5.20. The van der Waals surface area contributed by atoms with Crippen LogP contribution in [0.3, 0.4) is 0 Å². The normalized spacial score (nSPS) is 41.2. The highest BCUT2D eigenvalue weighted by Gasteiger charge is 2.61. The molecule has 0 amide bonds. The van der Waals surface area contributed by atoms with E-state index < -0.39 is 0 Å². The molecule has 0 aromatic rings. The van der Waals surface area contributed by atoms with E-state index in [9.17, 15) is 0 Å². The lowest BCUT2D eigenvalue weighted by atomic mass is 9.71. The van der Waals surface area contributed by atoms with Crippen molar-refractivity contribution in [1.82, 2.24) is 0 Å². The second-order valence-electron chi connectivity index (χ2n) is 7.49. The Bertz CT molecular complexity index is 287. The Morgan fingerprint density at radius 2 is 1.79 bits per heavy atom. The van der Waals surface area contributed by atoms with Gasteiger partial charge in [0, 0.05) is 0 Å². The van der Waals surface area contributed by atoms with Crippen LogP contribution in [-0.4, -0.2) is 5.75 Å². The molecule has 6 atom stereocenters. The highest BCUT2D eigenvalue weighted by molar-refractivity contribution is 7.80. The Morgan fingerprint density at radius 1 is 1.11 bits per heavy atom. The van der Waals surface area contributed by atoms with Crippen LogP contribution in [0.4, 0.5) is 0 Å². The first-order chi connectivity index (χ1) is 9.10. The summed E-state index contributed by atoms with van der Waals surface area (Å²) < 4.78 is 0. The van der Waals surface area contributed by atoms with Crippen molar-refractivity contribution in [3.05, 3.63) is 0 Å². The highest BCUT2D eigenvalue weighted by Crippen LogP contribution is 2.68. The average molecular weight is 283 g/mol. The van der Waals surface area contributed by atoms with Crippen LogP contribution < -0.4 is 0 Å². The highest BCUT2D eigenvalue weighted by atomic mass is 32.1. The third-order valence-electron chi connectivity index (χ3n) is 6.77. The van der Waals surface area contributed by atoms with Crippen molar-refractivity contribution in [2.75, 3.05) is 5.75 Å². The average Bonchev–Trinajstić information content (AvgIpc) is 2.93. The first kappa shape index (κ1) is 15.7. The molecule has 1 heteroatoms. The molecule has 0 bridgehead atoms. The smallest absolute Gasteiger partial charge is 0.00924 e. The minimum absolute atomic E-state index is 0.696. The molecule has 0 saturated heterocycles. The Morgan fingerprint density at radius 3 is 2.37 bits per heavy atom. The van der Waals surface area contributed by atoms with E-state index >= 15 is 0 Å². The molecular weight excluding hydrogens is 248 g/mol. The van der Waals surface area contributed by atoms with Crippen molar-refractivity contribution in [3.8, 4) is 0 Å². The van der Waals surface area contributed by atoms with Crippen LogP contribution in [0.5, 0.6) is 0 Å². The van der Waals surface area contributed by atoms with Gasteiger partial charge in [-0.25, -0.2) is 0 Å². The van der Waals surface area contributed by atoms with Crippen molar-refractivity contribution in [3.63, 3.8) is 0 Å². The van der Waals surface area contributed by atoms with E-state index in [4.69, 9.17) is 0 Å². The van der Waals surface area contributed by atoms with Crippen molar-refractivity contribution in [2.24, 2.45) is 35.0 Å². The van der Waals surface area contributed by atoms with Crippen LogP contribution in [0.25, 0.3) is 0 Å². The summed E-state index contributed by atoms with van der Waals surface area (Å²) in [4.78, 5) is 0. The zero-order valence-electron chi connectivity index (χ0n) is 13.5. The van der Waals surface area contributed by atoms with Gasteiger partial charge in [0.05, 0.1) is 0 Å². The Hall–Kier alpha value is 0.350. The van der Waals surface area contributed by atoms with E-state index in [-0.39, 0.29) is 0 Å². The monoisotopic (exact) mass is 282 g/mol. The maximum atomic E-state index is 4.59. The van der Waals surface area contributed by atoms with Gasteiger partial charge in [-0.1, -0.05) is 47.0 Å². The summed E-state index contributed by atoms with van der Waals surface area (Å²) in [7, 11) is 0. The first-order valence-electron chi connectivity index (χ1n) is 8.71. The van der Waals surface area contributed by atoms with Gasteiger partial charge in [0.2, 0.25) is 0 Å². The Balaban J connectivity index is 2.12. The van der Waals surface area contributed by atoms with Gasteiger partial charge in [-0.15, -0.1) is 0 Å². The summed E-state index contributed by atoms with van der Waals surface area (Å²) in [6.45, 7) is 9.73. The molecule has 6 unspecified atom stereocenters. The number of rotatable bonds is 7. The zero-order chi connectivity index (χ0) is 14.0. The molecule has 0 aliphatic heterocycles. The molecule has 0 aromatic carbocycles. The van der Waals surface area contributed by atoms with E-state index in [0.29, 0.717) is 5.41 Å². The summed E-state index contributed by atoms with van der Waals surface area (Å²) in [5.41, 5.74) is 0.696. The van der Waals surface area contributed by atoms with Crippen molar-refractivity contribution in [1.29, 1.82) is 0 Å². The quantitative estimate of drug-likeness (QED) is 0.559. The van der Waals surface area contributed by atoms with Crippen LogP contribution in [-0.2, 0) is 0 Å². The lowest BCUT2D eigenvalue weighted by Crippen LogP contribution is -2.28. The van der Waals surface area contributed by atoms with Crippen LogP contribution in [0.15, 0.2) is 0 Å². The van der Waals surface area contributed by atoms with E-state index in [2.05, 4.69) is 40.3 Å². The van der Waals surface area contributed by atoms with Crippen LogP contribution in [0, 0.1) is 35.0 Å². The van der Waals surface area contributed by atoms with Crippen LogP contribution >= 0.6 is 12.6 Å². The molecule has 0 nitrogen and oxygen atoms in total. The van der Waals surface area contributed by atoms with Gasteiger partial charge in [-0.05, 0) is 66.4 Å². The lowest BCUT2D eigenvalue weighted by Gasteiger charge is -2.34. The summed E-state index contributed by atoms with van der Waals surface area (Å²) in [5.74, 6) is 6.00. The van der Waals surface area contributed by atoms with Gasteiger partial charge >= 0.3 is 0 Å².